The van der Waals surface area contributed by atoms with E-state index in [2.05, 4.69) is 32.6 Å². The Morgan fingerprint density at radius 1 is 1.33 bits per heavy atom. The molecule has 2 N–H and O–H groups in total. The first-order chi connectivity index (χ1) is 8.47. The lowest BCUT2D eigenvalue weighted by molar-refractivity contribution is -0.122. The Bertz CT molecular complexity index is 292. The molecule has 0 aromatic rings. The fraction of sp³-hybridized carbons (Fsp3) is 1.00. The molecular weight excluding hydrogens is 224 g/mol. The summed E-state index contributed by atoms with van der Waals surface area (Å²) in [5.41, 5.74) is 6.77. The van der Waals surface area contributed by atoms with Crippen LogP contribution in [0.25, 0.3) is 0 Å². The van der Waals surface area contributed by atoms with Crippen LogP contribution in [0.5, 0.6) is 0 Å². The molecule has 106 valence electrons. The summed E-state index contributed by atoms with van der Waals surface area (Å²) in [6, 6.07) is 0.544. The highest BCUT2D eigenvalue weighted by atomic mass is 16.5. The van der Waals surface area contributed by atoms with E-state index in [4.69, 9.17) is 10.5 Å². The Balaban J connectivity index is 2.29. The van der Waals surface area contributed by atoms with E-state index in [0.29, 0.717) is 17.6 Å². The summed E-state index contributed by atoms with van der Waals surface area (Å²) in [5.74, 6) is 0. The Kier molecular flexibility index (Phi) is 4.05. The van der Waals surface area contributed by atoms with Gasteiger partial charge in [0.25, 0.3) is 0 Å². The zero-order chi connectivity index (χ0) is 13.4. The third-order valence-electron chi connectivity index (χ3n) is 5.48. The molecule has 2 fully saturated rings. The Labute approximate surface area is 112 Å². The molecule has 2 rings (SSSR count). The van der Waals surface area contributed by atoms with E-state index >= 15 is 0 Å². The predicted octanol–water partition coefficient (Wildman–Crippen LogP) is 2.39. The van der Waals surface area contributed by atoms with Crippen molar-refractivity contribution >= 4 is 0 Å². The van der Waals surface area contributed by atoms with Gasteiger partial charge in [0.05, 0.1) is 12.7 Å². The maximum atomic E-state index is 6.26. The minimum Gasteiger partial charge on any atom is -0.376 e. The van der Waals surface area contributed by atoms with Gasteiger partial charge in [-0.1, -0.05) is 27.2 Å². The number of morpholine rings is 1. The molecule has 1 aliphatic carbocycles. The average Bonchev–Trinajstić information content (AvgIpc) is 2.65. The summed E-state index contributed by atoms with van der Waals surface area (Å²) in [5, 5.41) is 0. The van der Waals surface area contributed by atoms with Crippen LogP contribution >= 0.6 is 0 Å². The van der Waals surface area contributed by atoms with Crippen molar-refractivity contribution in [2.75, 3.05) is 19.7 Å². The molecule has 18 heavy (non-hydrogen) atoms. The highest BCUT2D eigenvalue weighted by Crippen LogP contribution is 2.50. The second kappa shape index (κ2) is 5.10. The van der Waals surface area contributed by atoms with Crippen molar-refractivity contribution in [1.82, 2.24) is 4.90 Å². The van der Waals surface area contributed by atoms with Crippen LogP contribution < -0.4 is 5.73 Å². The third-order valence-corrected chi connectivity index (χ3v) is 5.48. The number of nitrogens with zero attached hydrogens (tertiary/aromatic N) is 1. The number of hydrogen-bond acceptors (Lipinski definition) is 3. The molecule has 3 atom stereocenters. The summed E-state index contributed by atoms with van der Waals surface area (Å²) >= 11 is 0. The van der Waals surface area contributed by atoms with Crippen LogP contribution in [-0.2, 0) is 4.74 Å². The SMILES string of the molecule is CCC1COC(C)CN1C1(CN)CCCC1(C)C. The smallest absolute Gasteiger partial charge is 0.0675 e. The van der Waals surface area contributed by atoms with Crippen LogP contribution in [0.2, 0.25) is 0 Å². The van der Waals surface area contributed by atoms with E-state index in [1.165, 1.54) is 19.3 Å². The minimum absolute atomic E-state index is 0.186. The van der Waals surface area contributed by atoms with Crippen molar-refractivity contribution < 1.29 is 4.74 Å². The first kappa shape index (κ1) is 14.3. The molecule has 1 saturated carbocycles. The van der Waals surface area contributed by atoms with Crippen LogP contribution in [0.3, 0.4) is 0 Å². The van der Waals surface area contributed by atoms with Crippen LogP contribution in [0.4, 0.5) is 0 Å². The van der Waals surface area contributed by atoms with Gasteiger partial charge < -0.3 is 10.5 Å². The lowest BCUT2D eigenvalue weighted by atomic mass is 9.72. The van der Waals surface area contributed by atoms with Gasteiger partial charge in [-0.2, -0.15) is 0 Å². The molecule has 0 aromatic carbocycles. The monoisotopic (exact) mass is 254 g/mol. The zero-order valence-electron chi connectivity index (χ0n) is 12.5. The maximum Gasteiger partial charge on any atom is 0.0675 e. The van der Waals surface area contributed by atoms with E-state index in [-0.39, 0.29) is 5.54 Å². The molecular formula is C15H30N2O. The molecule has 2 aliphatic rings. The van der Waals surface area contributed by atoms with Crippen molar-refractivity contribution in [2.45, 2.75) is 71.1 Å². The molecule has 0 bridgehead atoms. The standard InChI is InChI=1S/C15H30N2O/c1-5-13-10-18-12(2)9-17(13)15(11-16)8-6-7-14(15,3)4/h12-13H,5-11,16H2,1-4H3. The topological polar surface area (TPSA) is 38.5 Å². The zero-order valence-corrected chi connectivity index (χ0v) is 12.5. The fourth-order valence-corrected chi connectivity index (χ4v) is 4.13. The first-order valence-corrected chi connectivity index (χ1v) is 7.55. The van der Waals surface area contributed by atoms with E-state index in [0.717, 1.165) is 26.1 Å². The molecule has 1 heterocycles. The van der Waals surface area contributed by atoms with Crippen molar-refractivity contribution in [2.24, 2.45) is 11.1 Å². The van der Waals surface area contributed by atoms with Gasteiger partial charge in [0.1, 0.15) is 0 Å². The van der Waals surface area contributed by atoms with Crippen LogP contribution in [-0.4, -0.2) is 42.3 Å². The second-order valence-electron chi connectivity index (χ2n) is 6.83. The van der Waals surface area contributed by atoms with Gasteiger partial charge in [-0.15, -0.1) is 0 Å². The largest absolute Gasteiger partial charge is 0.376 e. The van der Waals surface area contributed by atoms with Gasteiger partial charge in [0.15, 0.2) is 0 Å². The van der Waals surface area contributed by atoms with E-state index in [1.807, 2.05) is 0 Å². The van der Waals surface area contributed by atoms with Crippen LogP contribution in [0.1, 0.15) is 53.4 Å². The summed E-state index contributed by atoms with van der Waals surface area (Å²) in [6.45, 7) is 11.9. The van der Waals surface area contributed by atoms with Crippen LogP contribution in [0.15, 0.2) is 0 Å². The number of ether oxygens (including phenoxy) is 1. The summed E-state index contributed by atoms with van der Waals surface area (Å²) in [4.78, 5) is 2.70. The van der Waals surface area contributed by atoms with Crippen molar-refractivity contribution in [1.29, 1.82) is 0 Å². The van der Waals surface area contributed by atoms with E-state index in [9.17, 15) is 0 Å². The van der Waals surface area contributed by atoms with Crippen molar-refractivity contribution in [3.05, 3.63) is 0 Å². The Hall–Kier alpha value is -0.120. The molecule has 1 aliphatic heterocycles. The highest BCUT2D eigenvalue weighted by Gasteiger charge is 2.53. The number of rotatable bonds is 3. The molecule has 0 radical (unpaired) electrons. The predicted molar refractivity (Wildman–Crippen MR) is 75.6 cm³/mol. The van der Waals surface area contributed by atoms with E-state index in [1.54, 1.807) is 0 Å². The summed E-state index contributed by atoms with van der Waals surface area (Å²) < 4.78 is 5.85. The molecule has 3 nitrogen and oxygen atoms in total. The third kappa shape index (κ3) is 2.10. The fourth-order valence-electron chi connectivity index (χ4n) is 4.13. The Morgan fingerprint density at radius 2 is 2.06 bits per heavy atom. The van der Waals surface area contributed by atoms with Gasteiger partial charge in [-0.05, 0) is 31.6 Å². The quantitative estimate of drug-likeness (QED) is 0.840. The highest BCUT2D eigenvalue weighted by molar-refractivity contribution is 5.09. The molecule has 3 unspecified atom stereocenters. The second-order valence-corrected chi connectivity index (χ2v) is 6.83. The normalized spacial score (nSPS) is 41.2. The molecule has 1 saturated heterocycles. The van der Waals surface area contributed by atoms with Crippen molar-refractivity contribution in [3.8, 4) is 0 Å². The van der Waals surface area contributed by atoms with Gasteiger partial charge in [-0.3, -0.25) is 4.90 Å². The van der Waals surface area contributed by atoms with Crippen molar-refractivity contribution in [3.63, 3.8) is 0 Å². The molecule has 0 aromatic heterocycles. The number of hydrogen-bond donors (Lipinski definition) is 1. The molecule has 0 spiro atoms. The van der Waals surface area contributed by atoms with Gasteiger partial charge in [0.2, 0.25) is 0 Å². The van der Waals surface area contributed by atoms with Gasteiger partial charge >= 0.3 is 0 Å². The van der Waals surface area contributed by atoms with Gasteiger partial charge in [0, 0.05) is 24.7 Å². The molecule has 0 amide bonds. The maximum absolute atomic E-state index is 6.26. The summed E-state index contributed by atoms with van der Waals surface area (Å²) in [6.07, 6.45) is 5.36. The van der Waals surface area contributed by atoms with Crippen LogP contribution in [0, 0.1) is 5.41 Å². The van der Waals surface area contributed by atoms with E-state index < -0.39 is 0 Å². The number of nitrogens with two attached hydrogens (primary N) is 1. The average molecular weight is 254 g/mol. The lowest BCUT2D eigenvalue weighted by Gasteiger charge is -2.55. The molecule has 3 heteroatoms. The lowest BCUT2D eigenvalue weighted by Crippen LogP contribution is -2.66. The minimum atomic E-state index is 0.186. The Morgan fingerprint density at radius 3 is 2.56 bits per heavy atom. The van der Waals surface area contributed by atoms with Gasteiger partial charge in [-0.25, -0.2) is 0 Å². The first-order valence-electron chi connectivity index (χ1n) is 7.55. The summed E-state index contributed by atoms with van der Waals surface area (Å²) in [7, 11) is 0.